The van der Waals surface area contributed by atoms with E-state index in [1.165, 1.54) is 25.7 Å². The molecule has 0 unspecified atom stereocenters. The second kappa shape index (κ2) is 2.25. The lowest BCUT2D eigenvalue weighted by molar-refractivity contribution is 0.279. The molecule has 3 aliphatic rings. The largest absolute Gasteiger partial charge is 0.0988 e. The highest BCUT2D eigenvalue weighted by Crippen LogP contribution is 2.58. The molecule has 0 N–H and O–H groups in total. The second-order valence-electron chi connectivity index (χ2n) is 4.67. The molecule has 12 heavy (non-hydrogen) atoms. The Bertz CT molecular complexity index is 249. The first-order valence-electron chi connectivity index (χ1n) is 5.22. The van der Waals surface area contributed by atoms with E-state index in [2.05, 4.69) is 18.7 Å². The van der Waals surface area contributed by atoms with E-state index in [1.807, 2.05) is 0 Å². The average molecular weight is 160 g/mol. The maximum Gasteiger partial charge on any atom is -0.0103 e. The van der Waals surface area contributed by atoms with Crippen LogP contribution in [0.2, 0.25) is 0 Å². The fourth-order valence-electron chi connectivity index (χ4n) is 3.90. The summed E-state index contributed by atoms with van der Waals surface area (Å²) in [6.45, 7) is 3.92. The van der Waals surface area contributed by atoms with Crippen molar-refractivity contribution in [3.05, 3.63) is 24.3 Å². The molecule has 0 aromatic heterocycles. The summed E-state index contributed by atoms with van der Waals surface area (Å²) in [5, 5.41) is 0. The summed E-state index contributed by atoms with van der Waals surface area (Å²) in [5.41, 5.74) is 1.58. The third-order valence-electron chi connectivity index (χ3n) is 4.33. The van der Waals surface area contributed by atoms with Gasteiger partial charge in [-0.2, -0.15) is 0 Å². The fourth-order valence-corrected chi connectivity index (χ4v) is 3.90. The fraction of sp³-hybridized carbons (Fsp3) is 0.667. The van der Waals surface area contributed by atoms with E-state index in [9.17, 15) is 0 Å². The van der Waals surface area contributed by atoms with Gasteiger partial charge in [0.2, 0.25) is 0 Å². The zero-order valence-corrected chi connectivity index (χ0v) is 7.50. The highest BCUT2D eigenvalue weighted by Gasteiger charge is 2.49. The van der Waals surface area contributed by atoms with Gasteiger partial charge >= 0.3 is 0 Å². The van der Waals surface area contributed by atoms with Crippen LogP contribution in [0.1, 0.15) is 25.7 Å². The van der Waals surface area contributed by atoms with Crippen LogP contribution < -0.4 is 0 Å². The Balaban J connectivity index is 1.94. The molecular weight excluding hydrogens is 144 g/mol. The molecule has 0 heteroatoms. The van der Waals surface area contributed by atoms with Gasteiger partial charge < -0.3 is 0 Å². The summed E-state index contributed by atoms with van der Waals surface area (Å²) in [6.07, 6.45) is 10.4. The van der Waals surface area contributed by atoms with Gasteiger partial charge in [0.15, 0.2) is 0 Å². The summed E-state index contributed by atoms with van der Waals surface area (Å²) in [5.74, 6) is 4.07. The lowest BCUT2D eigenvalue weighted by Crippen LogP contribution is -2.18. The number of hydrogen-bond donors (Lipinski definition) is 0. The summed E-state index contributed by atoms with van der Waals surface area (Å²) in [6, 6.07) is 0. The average Bonchev–Trinajstić information content (AvgIpc) is 2.76. The van der Waals surface area contributed by atoms with Gasteiger partial charge in [-0.25, -0.2) is 0 Å². The first kappa shape index (κ1) is 6.94. The lowest BCUT2D eigenvalue weighted by Gasteiger charge is -2.26. The molecule has 0 radical (unpaired) electrons. The van der Waals surface area contributed by atoms with Gasteiger partial charge in [-0.3, -0.25) is 0 Å². The predicted octanol–water partition coefficient (Wildman–Crippen LogP) is 3.16. The minimum atomic E-state index is 0.932. The van der Waals surface area contributed by atoms with Crippen LogP contribution in [-0.2, 0) is 0 Å². The van der Waals surface area contributed by atoms with Crippen LogP contribution in [0.3, 0.4) is 0 Å². The Kier molecular flexibility index (Phi) is 1.30. The highest BCUT2D eigenvalue weighted by molar-refractivity contribution is 5.29. The predicted molar refractivity (Wildman–Crippen MR) is 50.7 cm³/mol. The molecule has 0 aromatic carbocycles. The zero-order chi connectivity index (χ0) is 8.13. The first-order valence-corrected chi connectivity index (χ1v) is 5.22. The Morgan fingerprint density at radius 1 is 1.33 bits per heavy atom. The van der Waals surface area contributed by atoms with Crippen LogP contribution in [0.4, 0.5) is 0 Å². The van der Waals surface area contributed by atoms with Gasteiger partial charge in [0.25, 0.3) is 0 Å². The number of hydrogen-bond acceptors (Lipinski definition) is 0. The molecule has 0 amide bonds. The Hall–Kier alpha value is -0.520. The number of fused-ring (bicyclic) bond motifs is 5. The monoisotopic (exact) mass is 160 g/mol. The third-order valence-corrected chi connectivity index (χ3v) is 4.33. The van der Waals surface area contributed by atoms with Crippen LogP contribution in [-0.4, -0.2) is 0 Å². The Labute approximate surface area is 74.4 Å². The summed E-state index contributed by atoms with van der Waals surface area (Å²) < 4.78 is 0. The van der Waals surface area contributed by atoms with Crippen molar-refractivity contribution < 1.29 is 0 Å². The van der Waals surface area contributed by atoms with Crippen LogP contribution in [0.25, 0.3) is 0 Å². The van der Waals surface area contributed by atoms with E-state index in [0.717, 1.165) is 23.7 Å². The van der Waals surface area contributed by atoms with Crippen LogP contribution in [0, 0.1) is 23.7 Å². The molecule has 2 fully saturated rings. The van der Waals surface area contributed by atoms with E-state index in [0.29, 0.717) is 0 Å². The standard InChI is InChI=1S/C12H16/c1-2-8-5-6-11-9-3-4-10(7-9)12(8)11/h2,5,9-12H,1,3-4,6-7H2/t9-,10-,11-,12+/m0/s1. The molecule has 0 saturated heterocycles. The molecule has 0 spiro atoms. The van der Waals surface area contributed by atoms with Crippen LogP contribution in [0.15, 0.2) is 24.3 Å². The van der Waals surface area contributed by atoms with E-state index < -0.39 is 0 Å². The third kappa shape index (κ3) is 0.688. The van der Waals surface area contributed by atoms with Crippen molar-refractivity contribution in [2.75, 3.05) is 0 Å². The van der Waals surface area contributed by atoms with E-state index in [1.54, 1.807) is 5.57 Å². The highest BCUT2D eigenvalue weighted by atomic mass is 14.5. The van der Waals surface area contributed by atoms with E-state index in [-0.39, 0.29) is 0 Å². The van der Waals surface area contributed by atoms with Crippen molar-refractivity contribution >= 4 is 0 Å². The molecule has 2 saturated carbocycles. The first-order chi connectivity index (χ1) is 5.90. The molecule has 0 nitrogen and oxygen atoms in total. The van der Waals surface area contributed by atoms with Crippen molar-refractivity contribution in [1.82, 2.24) is 0 Å². The van der Waals surface area contributed by atoms with Gasteiger partial charge in [0.1, 0.15) is 0 Å². The van der Waals surface area contributed by atoms with Crippen molar-refractivity contribution in [3.8, 4) is 0 Å². The molecule has 3 rings (SSSR count). The Morgan fingerprint density at radius 2 is 2.17 bits per heavy atom. The van der Waals surface area contributed by atoms with Crippen molar-refractivity contribution in [2.24, 2.45) is 23.7 Å². The molecule has 3 aliphatic carbocycles. The molecule has 0 aliphatic heterocycles. The van der Waals surface area contributed by atoms with Gasteiger partial charge in [-0.05, 0) is 54.9 Å². The Morgan fingerprint density at radius 3 is 3.00 bits per heavy atom. The SMILES string of the molecule is C=CC1=CC[C@H]2[C@H]3CC[C@@H](C3)[C@@H]12. The molecule has 4 atom stereocenters. The summed E-state index contributed by atoms with van der Waals surface area (Å²) in [4.78, 5) is 0. The van der Waals surface area contributed by atoms with Crippen LogP contribution in [0.5, 0.6) is 0 Å². The minimum Gasteiger partial charge on any atom is -0.0988 e. The van der Waals surface area contributed by atoms with Crippen molar-refractivity contribution in [2.45, 2.75) is 25.7 Å². The number of allylic oxidation sites excluding steroid dienone is 3. The quantitative estimate of drug-likeness (QED) is 0.552. The smallest absolute Gasteiger partial charge is 0.0103 e. The van der Waals surface area contributed by atoms with E-state index in [4.69, 9.17) is 0 Å². The zero-order valence-electron chi connectivity index (χ0n) is 7.50. The molecule has 64 valence electrons. The maximum atomic E-state index is 3.92. The van der Waals surface area contributed by atoms with Crippen molar-refractivity contribution in [3.63, 3.8) is 0 Å². The van der Waals surface area contributed by atoms with Gasteiger partial charge in [0, 0.05) is 0 Å². The van der Waals surface area contributed by atoms with Gasteiger partial charge in [-0.15, -0.1) is 0 Å². The minimum absolute atomic E-state index is 0.932. The number of rotatable bonds is 1. The van der Waals surface area contributed by atoms with Gasteiger partial charge in [-0.1, -0.05) is 18.7 Å². The molecule has 0 heterocycles. The van der Waals surface area contributed by atoms with Gasteiger partial charge in [0.05, 0.1) is 0 Å². The lowest BCUT2D eigenvalue weighted by atomic mass is 9.79. The van der Waals surface area contributed by atoms with Crippen LogP contribution >= 0.6 is 0 Å². The molecular formula is C12H16. The maximum absolute atomic E-state index is 3.92. The normalized spacial score (nSPS) is 49.2. The summed E-state index contributed by atoms with van der Waals surface area (Å²) in [7, 11) is 0. The van der Waals surface area contributed by atoms with Crippen molar-refractivity contribution in [1.29, 1.82) is 0 Å². The molecule has 0 aromatic rings. The molecule has 2 bridgehead atoms. The topological polar surface area (TPSA) is 0 Å². The summed E-state index contributed by atoms with van der Waals surface area (Å²) >= 11 is 0. The second-order valence-corrected chi connectivity index (χ2v) is 4.67. The van der Waals surface area contributed by atoms with E-state index >= 15 is 0 Å².